The molecule has 0 saturated heterocycles. The van der Waals surface area contributed by atoms with E-state index in [1.807, 2.05) is 36.0 Å². The Morgan fingerprint density at radius 3 is 2.35 bits per heavy atom. The largest absolute Gasteiger partial charge is 0.272 e. The SMILES string of the molecule is CCn1cc2cc(CN3C(=O)c4ccccc4C3=O)ccc2n1. The number of carbonyl (C=O) groups is 2. The Balaban J connectivity index is 1.66. The molecular formula is C18H15N3O2. The van der Waals surface area contributed by atoms with Gasteiger partial charge in [-0.05, 0) is 36.8 Å². The van der Waals surface area contributed by atoms with Crippen LogP contribution in [0, 0.1) is 0 Å². The van der Waals surface area contributed by atoms with Gasteiger partial charge >= 0.3 is 0 Å². The Morgan fingerprint density at radius 2 is 1.70 bits per heavy atom. The van der Waals surface area contributed by atoms with E-state index in [2.05, 4.69) is 5.10 Å². The van der Waals surface area contributed by atoms with Gasteiger partial charge in [0.15, 0.2) is 0 Å². The van der Waals surface area contributed by atoms with Crippen LogP contribution >= 0.6 is 0 Å². The van der Waals surface area contributed by atoms with E-state index in [1.165, 1.54) is 4.90 Å². The van der Waals surface area contributed by atoms with E-state index in [0.717, 1.165) is 23.0 Å². The number of benzene rings is 2. The molecular weight excluding hydrogens is 290 g/mol. The van der Waals surface area contributed by atoms with Gasteiger partial charge in [-0.2, -0.15) is 5.10 Å². The van der Waals surface area contributed by atoms with E-state index >= 15 is 0 Å². The predicted molar refractivity (Wildman–Crippen MR) is 86.1 cm³/mol. The summed E-state index contributed by atoms with van der Waals surface area (Å²) in [4.78, 5) is 26.1. The van der Waals surface area contributed by atoms with Crippen molar-refractivity contribution in [2.45, 2.75) is 20.0 Å². The van der Waals surface area contributed by atoms with E-state index in [0.29, 0.717) is 11.1 Å². The van der Waals surface area contributed by atoms with E-state index in [-0.39, 0.29) is 18.4 Å². The van der Waals surface area contributed by atoms with Gasteiger partial charge in [0.05, 0.1) is 23.2 Å². The minimum absolute atomic E-state index is 0.227. The van der Waals surface area contributed by atoms with E-state index in [9.17, 15) is 9.59 Å². The molecule has 0 unspecified atom stereocenters. The predicted octanol–water partition coefficient (Wildman–Crippen LogP) is 2.85. The molecule has 2 amide bonds. The number of amides is 2. The highest BCUT2D eigenvalue weighted by Gasteiger charge is 2.34. The summed E-state index contributed by atoms with van der Waals surface area (Å²) < 4.78 is 1.87. The minimum Gasteiger partial charge on any atom is -0.272 e. The summed E-state index contributed by atoms with van der Waals surface area (Å²) in [5, 5.41) is 5.45. The lowest BCUT2D eigenvalue weighted by molar-refractivity contribution is 0.0642. The monoisotopic (exact) mass is 305 g/mol. The topological polar surface area (TPSA) is 55.2 Å². The third-order valence-corrected chi connectivity index (χ3v) is 4.16. The fourth-order valence-corrected chi connectivity index (χ4v) is 2.95. The molecule has 4 rings (SSSR count). The number of rotatable bonds is 3. The Labute approximate surface area is 133 Å². The van der Waals surface area contributed by atoms with Gasteiger partial charge in [0.2, 0.25) is 0 Å². The van der Waals surface area contributed by atoms with E-state index in [4.69, 9.17) is 0 Å². The highest BCUT2D eigenvalue weighted by Crippen LogP contribution is 2.25. The molecule has 1 aliphatic heterocycles. The lowest BCUT2D eigenvalue weighted by Crippen LogP contribution is -2.29. The number of carbonyl (C=O) groups excluding carboxylic acids is 2. The van der Waals surface area contributed by atoms with Gasteiger partial charge in [-0.1, -0.05) is 18.2 Å². The smallest absolute Gasteiger partial charge is 0.261 e. The zero-order valence-corrected chi connectivity index (χ0v) is 12.7. The number of aryl methyl sites for hydroxylation is 1. The summed E-state index contributed by atoms with van der Waals surface area (Å²) >= 11 is 0. The molecule has 0 bridgehead atoms. The van der Waals surface area contributed by atoms with Gasteiger partial charge < -0.3 is 0 Å². The zero-order chi connectivity index (χ0) is 16.0. The normalized spacial score (nSPS) is 13.9. The average molecular weight is 305 g/mol. The van der Waals surface area contributed by atoms with Crippen LogP contribution in [-0.4, -0.2) is 26.5 Å². The van der Waals surface area contributed by atoms with Crippen molar-refractivity contribution in [1.82, 2.24) is 14.7 Å². The number of hydrogen-bond acceptors (Lipinski definition) is 3. The van der Waals surface area contributed by atoms with Crippen molar-refractivity contribution >= 4 is 22.7 Å². The first-order valence-corrected chi connectivity index (χ1v) is 7.58. The molecule has 2 aromatic carbocycles. The van der Waals surface area contributed by atoms with Crippen LogP contribution in [0.2, 0.25) is 0 Å². The van der Waals surface area contributed by atoms with Crippen molar-refractivity contribution in [3.8, 4) is 0 Å². The molecule has 0 aliphatic carbocycles. The van der Waals surface area contributed by atoms with Gasteiger partial charge in [-0.3, -0.25) is 19.2 Å². The number of hydrogen-bond donors (Lipinski definition) is 0. The Hall–Kier alpha value is -2.95. The molecule has 0 spiro atoms. The van der Waals surface area contributed by atoms with Crippen LogP contribution in [0.15, 0.2) is 48.7 Å². The molecule has 0 N–H and O–H groups in total. The van der Waals surface area contributed by atoms with Gasteiger partial charge in [0.1, 0.15) is 0 Å². The summed E-state index contributed by atoms with van der Waals surface area (Å²) in [7, 11) is 0. The first-order chi connectivity index (χ1) is 11.2. The standard InChI is InChI=1S/C18H15N3O2/c1-2-20-11-13-9-12(7-8-16(13)19-20)10-21-17(22)14-5-3-4-6-15(14)18(21)23/h3-9,11H,2,10H2,1H3. The van der Waals surface area contributed by atoms with Crippen molar-refractivity contribution < 1.29 is 9.59 Å². The molecule has 23 heavy (non-hydrogen) atoms. The van der Waals surface area contributed by atoms with Crippen molar-refractivity contribution in [3.63, 3.8) is 0 Å². The number of imide groups is 1. The lowest BCUT2D eigenvalue weighted by Gasteiger charge is -2.13. The van der Waals surface area contributed by atoms with Crippen LogP contribution in [0.3, 0.4) is 0 Å². The van der Waals surface area contributed by atoms with Crippen LogP contribution in [0.5, 0.6) is 0 Å². The quantitative estimate of drug-likeness (QED) is 0.699. The summed E-state index contributed by atoms with van der Waals surface area (Å²) in [5.41, 5.74) is 2.80. The Kier molecular flexibility index (Phi) is 3.01. The summed E-state index contributed by atoms with van der Waals surface area (Å²) in [5.74, 6) is -0.454. The van der Waals surface area contributed by atoms with Gasteiger partial charge in [-0.15, -0.1) is 0 Å². The maximum atomic E-state index is 12.4. The Morgan fingerprint density at radius 1 is 1.00 bits per heavy atom. The van der Waals surface area contributed by atoms with E-state index in [1.54, 1.807) is 24.3 Å². The molecule has 0 atom stereocenters. The second-order valence-electron chi connectivity index (χ2n) is 5.62. The summed E-state index contributed by atoms with van der Waals surface area (Å²) in [6, 6.07) is 12.8. The maximum absolute atomic E-state index is 12.4. The van der Waals surface area contributed by atoms with Crippen molar-refractivity contribution in [2.24, 2.45) is 0 Å². The molecule has 1 aliphatic rings. The fourth-order valence-electron chi connectivity index (χ4n) is 2.95. The molecule has 5 nitrogen and oxygen atoms in total. The highest BCUT2D eigenvalue weighted by molar-refractivity contribution is 6.21. The summed E-state index contributed by atoms with van der Waals surface area (Å²) in [6.45, 7) is 3.12. The Bertz CT molecular complexity index is 907. The average Bonchev–Trinajstić information content (AvgIpc) is 3.09. The number of aromatic nitrogens is 2. The van der Waals surface area contributed by atoms with Gasteiger partial charge in [-0.25, -0.2) is 0 Å². The first kappa shape index (κ1) is 13.7. The molecule has 0 saturated carbocycles. The molecule has 114 valence electrons. The maximum Gasteiger partial charge on any atom is 0.261 e. The third kappa shape index (κ3) is 2.12. The first-order valence-electron chi connectivity index (χ1n) is 7.58. The minimum atomic E-state index is -0.227. The highest BCUT2D eigenvalue weighted by atomic mass is 16.2. The lowest BCUT2D eigenvalue weighted by atomic mass is 10.1. The second-order valence-corrected chi connectivity index (χ2v) is 5.62. The van der Waals surface area contributed by atoms with E-state index < -0.39 is 0 Å². The number of fused-ring (bicyclic) bond motifs is 2. The van der Waals surface area contributed by atoms with Gasteiger partial charge in [0, 0.05) is 18.1 Å². The molecule has 2 heterocycles. The van der Waals surface area contributed by atoms with Crippen molar-refractivity contribution in [1.29, 1.82) is 0 Å². The van der Waals surface area contributed by atoms with Crippen molar-refractivity contribution in [2.75, 3.05) is 0 Å². The molecule has 3 aromatic rings. The van der Waals surface area contributed by atoms with Crippen LogP contribution in [0.1, 0.15) is 33.2 Å². The van der Waals surface area contributed by atoms with Crippen LogP contribution in [-0.2, 0) is 13.1 Å². The third-order valence-electron chi connectivity index (χ3n) is 4.16. The summed E-state index contributed by atoms with van der Waals surface area (Å²) in [6.07, 6.45) is 1.97. The van der Waals surface area contributed by atoms with Crippen LogP contribution < -0.4 is 0 Å². The van der Waals surface area contributed by atoms with Crippen LogP contribution in [0.25, 0.3) is 10.9 Å². The molecule has 0 radical (unpaired) electrons. The van der Waals surface area contributed by atoms with Crippen molar-refractivity contribution in [3.05, 3.63) is 65.4 Å². The number of nitrogens with zero attached hydrogens (tertiary/aromatic N) is 3. The van der Waals surface area contributed by atoms with Crippen LogP contribution in [0.4, 0.5) is 0 Å². The molecule has 0 fully saturated rings. The zero-order valence-electron chi connectivity index (χ0n) is 12.7. The van der Waals surface area contributed by atoms with Gasteiger partial charge in [0.25, 0.3) is 11.8 Å². The molecule has 5 heteroatoms. The molecule has 1 aromatic heterocycles. The second kappa shape index (κ2) is 5.05. The fraction of sp³-hybridized carbons (Fsp3) is 0.167.